The van der Waals surface area contributed by atoms with Gasteiger partial charge >= 0.3 is 0 Å². The van der Waals surface area contributed by atoms with Gasteiger partial charge in [-0.2, -0.15) is 0 Å². The minimum atomic E-state index is 0.0207. The van der Waals surface area contributed by atoms with Crippen molar-refractivity contribution in [1.29, 1.82) is 0 Å². The molecule has 1 fully saturated rings. The Morgan fingerprint density at radius 2 is 1.84 bits per heavy atom. The summed E-state index contributed by atoms with van der Waals surface area (Å²) < 4.78 is 0. The Kier molecular flexibility index (Phi) is 4.39. The second kappa shape index (κ2) is 6.22. The molecule has 0 aliphatic carbocycles. The molecule has 1 aromatic carbocycles. The van der Waals surface area contributed by atoms with Crippen LogP contribution in [0.1, 0.15) is 13.3 Å². The highest BCUT2D eigenvalue weighted by Gasteiger charge is 2.15. The molecule has 1 heterocycles. The fourth-order valence-electron chi connectivity index (χ4n) is 2.09. The second-order valence-electron chi connectivity index (χ2n) is 4.58. The Hall–Kier alpha value is -2.04. The number of hydrogen-bond acceptors (Lipinski definition) is 3. The van der Waals surface area contributed by atoms with Gasteiger partial charge in [0.2, 0.25) is 12.3 Å². The number of rotatable bonds is 4. The molecule has 19 heavy (non-hydrogen) atoms. The maximum Gasteiger partial charge on any atom is 0.224 e. The molecular weight excluding hydrogens is 242 g/mol. The number of nitrogens with zero attached hydrogens (tertiary/aromatic N) is 2. The third kappa shape index (κ3) is 3.47. The topological polar surface area (TPSA) is 52.7 Å². The molecule has 0 spiro atoms. The molecule has 1 aliphatic heterocycles. The van der Waals surface area contributed by atoms with Crippen LogP contribution < -0.4 is 10.2 Å². The van der Waals surface area contributed by atoms with Crippen LogP contribution in [0.25, 0.3) is 0 Å². The van der Waals surface area contributed by atoms with Gasteiger partial charge in [-0.25, -0.2) is 0 Å². The van der Waals surface area contributed by atoms with Gasteiger partial charge in [-0.15, -0.1) is 0 Å². The molecule has 0 bridgehead atoms. The molecule has 1 aromatic rings. The molecule has 102 valence electrons. The lowest BCUT2D eigenvalue weighted by atomic mass is 10.2. The molecule has 0 saturated carbocycles. The molecule has 1 aliphatic rings. The van der Waals surface area contributed by atoms with E-state index in [0.717, 1.165) is 44.0 Å². The summed E-state index contributed by atoms with van der Waals surface area (Å²) in [7, 11) is 0. The summed E-state index contributed by atoms with van der Waals surface area (Å²) in [4.78, 5) is 25.9. The molecule has 0 aromatic heterocycles. The van der Waals surface area contributed by atoms with Crippen molar-refractivity contribution < 1.29 is 9.59 Å². The molecule has 0 atom stereocenters. The molecule has 0 radical (unpaired) electrons. The summed E-state index contributed by atoms with van der Waals surface area (Å²) in [6.45, 7) is 5.05. The van der Waals surface area contributed by atoms with E-state index in [0.29, 0.717) is 6.42 Å². The predicted octanol–water partition coefficient (Wildman–Crippen LogP) is 1.31. The summed E-state index contributed by atoms with van der Waals surface area (Å²) in [5.74, 6) is 0.0207. The Labute approximate surface area is 113 Å². The fourth-order valence-corrected chi connectivity index (χ4v) is 2.09. The van der Waals surface area contributed by atoms with Crippen molar-refractivity contribution >= 4 is 23.7 Å². The standard InChI is InChI=1S/C14H19N3O2/c1-2-14(19)15-12-3-5-13(6-4-12)17-9-7-16(11-18)8-10-17/h3-6,11H,2,7-10H2,1H3,(H,15,19). The average Bonchev–Trinajstić information content (AvgIpc) is 2.48. The van der Waals surface area contributed by atoms with Crippen molar-refractivity contribution in [2.24, 2.45) is 0 Å². The minimum Gasteiger partial charge on any atom is -0.368 e. The number of anilines is 2. The Morgan fingerprint density at radius 3 is 2.37 bits per heavy atom. The van der Waals surface area contributed by atoms with Crippen molar-refractivity contribution in [2.45, 2.75) is 13.3 Å². The lowest BCUT2D eigenvalue weighted by Gasteiger charge is -2.34. The molecule has 2 amide bonds. The van der Waals surface area contributed by atoms with Crippen LogP contribution in [0.2, 0.25) is 0 Å². The van der Waals surface area contributed by atoms with Crippen LogP contribution >= 0.6 is 0 Å². The van der Waals surface area contributed by atoms with Crippen LogP contribution in [0.5, 0.6) is 0 Å². The van der Waals surface area contributed by atoms with E-state index in [1.807, 2.05) is 31.2 Å². The maximum atomic E-state index is 11.3. The summed E-state index contributed by atoms with van der Waals surface area (Å²) in [6, 6.07) is 7.83. The smallest absolute Gasteiger partial charge is 0.224 e. The van der Waals surface area contributed by atoms with Crippen LogP contribution in [0.4, 0.5) is 11.4 Å². The number of piperazine rings is 1. The normalized spacial score (nSPS) is 15.2. The number of nitrogens with one attached hydrogen (secondary N) is 1. The Balaban J connectivity index is 1.95. The van der Waals surface area contributed by atoms with E-state index in [2.05, 4.69) is 10.2 Å². The highest BCUT2D eigenvalue weighted by molar-refractivity contribution is 5.90. The largest absolute Gasteiger partial charge is 0.368 e. The second-order valence-corrected chi connectivity index (χ2v) is 4.58. The van der Waals surface area contributed by atoms with Crippen molar-refractivity contribution in [2.75, 3.05) is 36.4 Å². The zero-order valence-electron chi connectivity index (χ0n) is 11.1. The van der Waals surface area contributed by atoms with Crippen molar-refractivity contribution in [3.05, 3.63) is 24.3 Å². The summed E-state index contributed by atoms with van der Waals surface area (Å²) in [6.07, 6.45) is 1.39. The van der Waals surface area contributed by atoms with Crippen molar-refractivity contribution in [3.8, 4) is 0 Å². The number of benzene rings is 1. The number of carbonyl (C=O) groups excluding carboxylic acids is 2. The highest BCUT2D eigenvalue weighted by atomic mass is 16.1. The van der Waals surface area contributed by atoms with Gasteiger partial charge in [-0.3, -0.25) is 9.59 Å². The first-order valence-electron chi connectivity index (χ1n) is 6.57. The number of hydrogen-bond donors (Lipinski definition) is 1. The van der Waals surface area contributed by atoms with Crippen LogP contribution in [0.3, 0.4) is 0 Å². The van der Waals surface area contributed by atoms with Gasteiger partial charge in [-0.1, -0.05) is 6.92 Å². The molecule has 5 heteroatoms. The number of amides is 2. The average molecular weight is 261 g/mol. The predicted molar refractivity (Wildman–Crippen MR) is 75.2 cm³/mol. The first-order valence-corrected chi connectivity index (χ1v) is 6.57. The van der Waals surface area contributed by atoms with Crippen LogP contribution in [-0.4, -0.2) is 43.4 Å². The molecule has 2 rings (SSSR count). The van der Waals surface area contributed by atoms with E-state index in [1.165, 1.54) is 0 Å². The van der Waals surface area contributed by atoms with Gasteiger partial charge in [0.05, 0.1) is 0 Å². The van der Waals surface area contributed by atoms with Gasteiger partial charge in [0.15, 0.2) is 0 Å². The zero-order valence-corrected chi connectivity index (χ0v) is 11.1. The van der Waals surface area contributed by atoms with Gasteiger partial charge in [-0.05, 0) is 24.3 Å². The van der Waals surface area contributed by atoms with E-state index in [9.17, 15) is 9.59 Å². The molecular formula is C14H19N3O2. The first kappa shape index (κ1) is 13.4. The Morgan fingerprint density at radius 1 is 1.21 bits per heavy atom. The maximum absolute atomic E-state index is 11.3. The van der Waals surface area contributed by atoms with E-state index in [1.54, 1.807) is 4.90 Å². The van der Waals surface area contributed by atoms with Gasteiger partial charge in [0.1, 0.15) is 0 Å². The van der Waals surface area contributed by atoms with E-state index in [-0.39, 0.29) is 5.91 Å². The van der Waals surface area contributed by atoms with Crippen LogP contribution in [0.15, 0.2) is 24.3 Å². The lowest BCUT2D eigenvalue weighted by molar-refractivity contribution is -0.118. The molecule has 0 unspecified atom stereocenters. The van der Waals surface area contributed by atoms with Crippen LogP contribution in [-0.2, 0) is 9.59 Å². The molecule has 5 nitrogen and oxygen atoms in total. The third-order valence-corrected chi connectivity index (χ3v) is 3.30. The van der Waals surface area contributed by atoms with E-state index < -0.39 is 0 Å². The first-order chi connectivity index (χ1) is 9.22. The molecule has 1 saturated heterocycles. The minimum absolute atomic E-state index is 0.0207. The monoisotopic (exact) mass is 261 g/mol. The quantitative estimate of drug-likeness (QED) is 0.832. The van der Waals surface area contributed by atoms with Crippen molar-refractivity contribution in [1.82, 2.24) is 4.90 Å². The third-order valence-electron chi connectivity index (χ3n) is 3.30. The molecule has 1 N–H and O–H groups in total. The summed E-state index contributed by atoms with van der Waals surface area (Å²) >= 11 is 0. The van der Waals surface area contributed by atoms with Gasteiger partial charge < -0.3 is 15.1 Å². The van der Waals surface area contributed by atoms with Gasteiger partial charge in [0, 0.05) is 44.0 Å². The van der Waals surface area contributed by atoms with Gasteiger partial charge in [0.25, 0.3) is 0 Å². The van der Waals surface area contributed by atoms with E-state index >= 15 is 0 Å². The fraction of sp³-hybridized carbons (Fsp3) is 0.429. The lowest BCUT2D eigenvalue weighted by Crippen LogP contribution is -2.45. The Bertz CT molecular complexity index is 437. The van der Waals surface area contributed by atoms with E-state index in [4.69, 9.17) is 0 Å². The van der Waals surface area contributed by atoms with Crippen LogP contribution in [0, 0.1) is 0 Å². The SMILES string of the molecule is CCC(=O)Nc1ccc(N2CCN(C=O)CC2)cc1. The highest BCUT2D eigenvalue weighted by Crippen LogP contribution is 2.19. The zero-order chi connectivity index (χ0) is 13.7. The summed E-state index contributed by atoms with van der Waals surface area (Å²) in [5, 5.41) is 2.83. The number of carbonyl (C=O) groups is 2. The van der Waals surface area contributed by atoms with Crippen molar-refractivity contribution in [3.63, 3.8) is 0 Å². The summed E-state index contributed by atoms with van der Waals surface area (Å²) in [5.41, 5.74) is 1.95.